The Kier molecular flexibility index (Phi) is 5.51. The first-order valence-corrected chi connectivity index (χ1v) is 8.44. The first kappa shape index (κ1) is 18.2. The lowest BCUT2D eigenvalue weighted by Gasteiger charge is -2.10. The number of aromatic nitrogens is 2. The van der Waals surface area contributed by atoms with E-state index >= 15 is 0 Å². The minimum atomic E-state index is -0.227. The molecule has 27 heavy (non-hydrogen) atoms. The molecule has 1 aromatic heterocycles. The van der Waals surface area contributed by atoms with Crippen LogP contribution in [0.15, 0.2) is 64.4 Å². The summed E-state index contributed by atoms with van der Waals surface area (Å²) in [5.41, 5.74) is 8.65. The lowest BCUT2D eigenvalue weighted by atomic mass is 10.1. The van der Waals surface area contributed by atoms with Crippen LogP contribution in [0, 0.1) is 6.92 Å². The van der Waals surface area contributed by atoms with Crippen molar-refractivity contribution in [1.29, 1.82) is 0 Å². The minimum Gasteiger partial charge on any atom is -0.495 e. The number of benzene rings is 2. The topological polar surface area (TPSA) is 105 Å². The predicted molar refractivity (Wildman–Crippen MR) is 107 cm³/mol. The van der Waals surface area contributed by atoms with Gasteiger partial charge in [-0.25, -0.2) is 4.98 Å². The maximum absolute atomic E-state index is 12.5. The molecule has 3 rings (SSSR count). The summed E-state index contributed by atoms with van der Waals surface area (Å²) < 4.78 is 5.26. The van der Waals surface area contributed by atoms with E-state index in [1.165, 1.54) is 0 Å². The summed E-state index contributed by atoms with van der Waals surface area (Å²) in [4.78, 5) is 23.7. The van der Waals surface area contributed by atoms with E-state index in [9.17, 15) is 4.79 Å². The molecule has 7 nitrogen and oxygen atoms in total. The second-order valence-electron chi connectivity index (χ2n) is 5.94. The summed E-state index contributed by atoms with van der Waals surface area (Å²) in [7, 11) is 1.57. The number of guanidine groups is 1. The average Bonchev–Trinajstić information content (AvgIpc) is 2.66. The number of aliphatic imine (C=N–C) groups is 1. The fraction of sp³-hybridized carbons (Fsp3) is 0.150. The first-order valence-electron chi connectivity index (χ1n) is 8.44. The lowest BCUT2D eigenvalue weighted by Crippen LogP contribution is -2.23. The van der Waals surface area contributed by atoms with Crippen LogP contribution in [0.3, 0.4) is 0 Å². The van der Waals surface area contributed by atoms with Crippen LogP contribution >= 0.6 is 0 Å². The van der Waals surface area contributed by atoms with Crippen LogP contribution in [-0.2, 0) is 6.42 Å². The van der Waals surface area contributed by atoms with E-state index < -0.39 is 0 Å². The summed E-state index contributed by atoms with van der Waals surface area (Å²) in [5.74, 6) is 0.874. The Morgan fingerprint density at radius 2 is 1.89 bits per heavy atom. The van der Waals surface area contributed by atoms with Crippen LogP contribution in [0.1, 0.15) is 16.8 Å². The summed E-state index contributed by atoms with van der Waals surface area (Å²) in [6.45, 7) is 1.79. The molecule has 4 N–H and O–H groups in total. The monoisotopic (exact) mass is 363 g/mol. The number of nitrogens with zero attached hydrogens (tertiary/aromatic N) is 2. The maximum atomic E-state index is 12.5. The SMILES string of the molecule is COc1ccccc1N/C(N)=N/c1nc(C)c(Cc2ccccc2)c(=O)[nH]1. The summed E-state index contributed by atoms with van der Waals surface area (Å²) >= 11 is 0. The molecule has 7 heteroatoms. The molecule has 0 saturated carbocycles. The number of ether oxygens (including phenoxy) is 1. The molecule has 2 aromatic carbocycles. The van der Waals surface area contributed by atoms with E-state index in [4.69, 9.17) is 10.5 Å². The molecule has 0 spiro atoms. The number of aryl methyl sites for hydroxylation is 1. The zero-order valence-electron chi connectivity index (χ0n) is 15.2. The van der Waals surface area contributed by atoms with Crippen molar-refractivity contribution in [2.45, 2.75) is 13.3 Å². The highest BCUT2D eigenvalue weighted by Crippen LogP contribution is 2.22. The fourth-order valence-corrected chi connectivity index (χ4v) is 2.68. The van der Waals surface area contributed by atoms with Crippen molar-refractivity contribution < 1.29 is 4.74 Å². The zero-order chi connectivity index (χ0) is 19.2. The third kappa shape index (κ3) is 4.52. The van der Waals surface area contributed by atoms with Gasteiger partial charge in [0.15, 0.2) is 0 Å². The quantitative estimate of drug-likeness (QED) is 0.477. The molecule has 0 radical (unpaired) electrons. The van der Waals surface area contributed by atoms with Crippen molar-refractivity contribution in [2.75, 3.05) is 12.4 Å². The van der Waals surface area contributed by atoms with E-state index in [0.29, 0.717) is 29.1 Å². The first-order chi connectivity index (χ1) is 13.1. The molecule has 0 bridgehead atoms. The normalized spacial score (nSPS) is 11.3. The highest BCUT2D eigenvalue weighted by Gasteiger charge is 2.10. The van der Waals surface area contributed by atoms with Crippen molar-refractivity contribution >= 4 is 17.6 Å². The number of anilines is 1. The highest BCUT2D eigenvalue weighted by molar-refractivity contribution is 5.94. The maximum Gasteiger partial charge on any atom is 0.256 e. The van der Waals surface area contributed by atoms with Gasteiger partial charge in [-0.15, -0.1) is 0 Å². The Morgan fingerprint density at radius 1 is 1.19 bits per heavy atom. The van der Waals surface area contributed by atoms with Crippen LogP contribution in [-0.4, -0.2) is 23.0 Å². The predicted octanol–water partition coefficient (Wildman–Crippen LogP) is 2.74. The second-order valence-corrected chi connectivity index (χ2v) is 5.94. The third-order valence-corrected chi connectivity index (χ3v) is 4.03. The Labute approximate surface area is 157 Å². The number of nitrogens with two attached hydrogens (primary N) is 1. The zero-order valence-corrected chi connectivity index (χ0v) is 15.2. The molecule has 0 unspecified atom stereocenters. The van der Waals surface area contributed by atoms with Crippen molar-refractivity contribution in [2.24, 2.45) is 10.7 Å². The van der Waals surface area contributed by atoms with Gasteiger partial charge in [0, 0.05) is 12.0 Å². The van der Waals surface area contributed by atoms with E-state index in [0.717, 1.165) is 5.56 Å². The van der Waals surface area contributed by atoms with E-state index in [2.05, 4.69) is 20.3 Å². The third-order valence-electron chi connectivity index (χ3n) is 4.03. The molecule has 0 amide bonds. The fourth-order valence-electron chi connectivity index (χ4n) is 2.68. The number of methoxy groups -OCH3 is 1. The number of aromatic amines is 1. The summed E-state index contributed by atoms with van der Waals surface area (Å²) in [6, 6.07) is 17.1. The van der Waals surface area contributed by atoms with Crippen molar-refractivity contribution in [3.05, 3.63) is 81.8 Å². The van der Waals surface area contributed by atoms with Gasteiger partial charge in [0.1, 0.15) is 5.75 Å². The molecule has 0 aliphatic carbocycles. The number of hydrogen-bond donors (Lipinski definition) is 3. The number of H-pyrrole nitrogens is 1. The second kappa shape index (κ2) is 8.18. The smallest absolute Gasteiger partial charge is 0.256 e. The van der Waals surface area contributed by atoms with Crippen LogP contribution < -0.4 is 21.3 Å². The number of hydrogen-bond acceptors (Lipinski definition) is 4. The van der Waals surface area contributed by atoms with Crippen molar-refractivity contribution in [3.63, 3.8) is 0 Å². The molecule has 0 saturated heterocycles. The average molecular weight is 363 g/mol. The molecule has 0 atom stereocenters. The number of nitrogens with one attached hydrogen (secondary N) is 2. The standard InChI is InChI=1S/C20H21N5O2/c1-13-15(12-14-8-4-3-5-9-14)18(26)24-20(22-13)25-19(21)23-16-10-6-7-11-17(16)27-2/h3-11H,12H2,1-2H3,(H4,21,22,23,24,25,26). The largest absolute Gasteiger partial charge is 0.495 e. The van der Waals surface area contributed by atoms with Gasteiger partial charge in [0.05, 0.1) is 18.5 Å². The van der Waals surface area contributed by atoms with Gasteiger partial charge in [-0.1, -0.05) is 42.5 Å². The highest BCUT2D eigenvalue weighted by atomic mass is 16.5. The van der Waals surface area contributed by atoms with Crippen molar-refractivity contribution in [1.82, 2.24) is 9.97 Å². The molecular formula is C20H21N5O2. The number of rotatable bonds is 5. The summed E-state index contributed by atoms with van der Waals surface area (Å²) in [5, 5.41) is 2.94. The van der Waals surface area contributed by atoms with Crippen LogP contribution in [0.2, 0.25) is 0 Å². The summed E-state index contributed by atoms with van der Waals surface area (Å²) in [6.07, 6.45) is 0.508. The van der Waals surface area contributed by atoms with Gasteiger partial charge in [-0.3, -0.25) is 9.78 Å². The van der Waals surface area contributed by atoms with Crippen LogP contribution in [0.5, 0.6) is 5.75 Å². The molecule has 0 aliphatic heterocycles. The molecule has 1 heterocycles. The van der Waals surface area contributed by atoms with E-state index in [1.54, 1.807) is 20.1 Å². The Balaban J connectivity index is 1.83. The molecule has 3 aromatic rings. The Hall–Kier alpha value is -3.61. The Bertz CT molecular complexity index is 1010. The number of para-hydroxylation sites is 2. The van der Waals surface area contributed by atoms with E-state index in [1.807, 2.05) is 48.5 Å². The Morgan fingerprint density at radius 3 is 2.59 bits per heavy atom. The van der Waals surface area contributed by atoms with Gasteiger partial charge in [0.2, 0.25) is 11.9 Å². The van der Waals surface area contributed by atoms with Crippen LogP contribution in [0.25, 0.3) is 0 Å². The molecule has 138 valence electrons. The molecule has 0 fully saturated rings. The van der Waals surface area contributed by atoms with Gasteiger partial charge in [0.25, 0.3) is 5.56 Å². The lowest BCUT2D eigenvalue weighted by molar-refractivity contribution is 0.417. The molecule has 0 aliphatic rings. The van der Waals surface area contributed by atoms with Gasteiger partial charge in [-0.2, -0.15) is 4.99 Å². The van der Waals surface area contributed by atoms with Crippen molar-refractivity contribution in [3.8, 4) is 5.75 Å². The van der Waals surface area contributed by atoms with Gasteiger partial charge in [-0.05, 0) is 24.6 Å². The van der Waals surface area contributed by atoms with Crippen LogP contribution in [0.4, 0.5) is 11.6 Å². The molecular weight excluding hydrogens is 342 g/mol. The van der Waals surface area contributed by atoms with E-state index in [-0.39, 0.29) is 17.5 Å². The minimum absolute atomic E-state index is 0.0952. The van der Waals surface area contributed by atoms with Gasteiger partial charge < -0.3 is 15.8 Å². The van der Waals surface area contributed by atoms with Gasteiger partial charge >= 0.3 is 0 Å².